The van der Waals surface area contributed by atoms with E-state index in [9.17, 15) is 23.2 Å². The normalized spacial score (nSPS) is 27.4. The van der Waals surface area contributed by atoms with Crippen molar-refractivity contribution < 1.29 is 18.0 Å². The first-order valence-electron chi connectivity index (χ1n) is 12.5. The summed E-state index contributed by atoms with van der Waals surface area (Å²) in [7, 11) is 0. The lowest BCUT2D eigenvalue weighted by molar-refractivity contribution is -0.138. The zero-order chi connectivity index (χ0) is 25.2. The van der Waals surface area contributed by atoms with Crippen LogP contribution in [0.25, 0.3) is 10.2 Å². The van der Waals surface area contributed by atoms with Crippen molar-refractivity contribution in [3.8, 4) is 6.07 Å². The third kappa shape index (κ3) is 4.06. The molecule has 2 aromatic rings. The van der Waals surface area contributed by atoms with Gasteiger partial charge >= 0.3 is 6.18 Å². The Kier molecular flexibility index (Phi) is 5.57. The maximum absolute atomic E-state index is 13.3. The summed E-state index contributed by atoms with van der Waals surface area (Å²) in [5.41, 5.74) is 2.35. The molecular formula is C26H28F3N5OS. The molecule has 1 N–H and O–H groups in total. The van der Waals surface area contributed by atoms with Gasteiger partial charge in [-0.1, -0.05) is 12.2 Å². The molecule has 6 heterocycles. The van der Waals surface area contributed by atoms with Crippen molar-refractivity contribution in [2.24, 2.45) is 11.3 Å². The van der Waals surface area contributed by atoms with E-state index in [4.69, 9.17) is 0 Å². The van der Waals surface area contributed by atoms with Crippen molar-refractivity contribution in [3.63, 3.8) is 0 Å². The number of thiophene rings is 1. The number of nitriles is 1. The fourth-order valence-electron chi connectivity index (χ4n) is 6.68. The maximum Gasteiger partial charge on any atom is 0.393 e. The van der Waals surface area contributed by atoms with Gasteiger partial charge in [0, 0.05) is 60.0 Å². The lowest BCUT2D eigenvalue weighted by Crippen LogP contribution is -2.64. The van der Waals surface area contributed by atoms with Gasteiger partial charge in [-0.05, 0) is 38.2 Å². The molecule has 190 valence electrons. The summed E-state index contributed by atoms with van der Waals surface area (Å²) >= 11 is 1.04. The van der Waals surface area contributed by atoms with E-state index in [0.29, 0.717) is 40.6 Å². The Balaban J connectivity index is 1.14. The zero-order valence-electron chi connectivity index (χ0n) is 19.9. The summed E-state index contributed by atoms with van der Waals surface area (Å²) in [5.74, 6) is 0.429. The average Bonchev–Trinajstić information content (AvgIpc) is 3.22. The molecule has 5 fully saturated rings. The number of nitrogens with zero attached hydrogens (tertiary/aromatic N) is 4. The number of pyridine rings is 1. The number of likely N-dealkylation sites (tertiary alicyclic amines) is 1. The van der Waals surface area contributed by atoms with Gasteiger partial charge in [0.05, 0.1) is 23.7 Å². The van der Waals surface area contributed by atoms with Gasteiger partial charge in [-0.25, -0.2) is 4.98 Å². The van der Waals surface area contributed by atoms with Crippen LogP contribution in [0.15, 0.2) is 24.4 Å². The third-order valence-corrected chi connectivity index (χ3v) is 9.57. The number of carbonyl (C=O) groups excluding carboxylic acids is 1. The standard InChI is InChI=1S/C26H28F3N5OS/c1-15-8-17-2-3-19(15)21(32-17)24(35)33-6-4-25(5-7-33)13-34(14-25)22-16(11-30)12-31-23-20(22)9-18(36-23)10-26(27,28)29/h9,12,17,19,21,32H,1-8,10,13-14H2/t17?,19-,21?/m0/s1. The monoisotopic (exact) mass is 515 g/mol. The second kappa shape index (κ2) is 8.45. The highest BCUT2D eigenvalue weighted by Gasteiger charge is 2.48. The van der Waals surface area contributed by atoms with Crippen molar-refractivity contribution >= 4 is 33.1 Å². The van der Waals surface area contributed by atoms with E-state index in [-0.39, 0.29) is 28.2 Å². The fraction of sp³-hybridized carbons (Fsp3) is 0.577. The summed E-state index contributed by atoms with van der Waals surface area (Å²) in [6.45, 7) is 7.09. The number of carbonyl (C=O) groups is 1. The van der Waals surface area contributed by atoms with Crippen LogP contribution in [-0.4, -0.2) is 60.2 Å². The van der Waals surface area contributed by atoms with Crippen LogP contribution in [0.2, 0.25) is 0 Å². The van der Waals surface area contributed by atoms with E-state index in [1.165, 1.54) is 11.8 Å². The van der Waals surface area contributed by atoms with Crippen molar-refractivity contribution in [2.45, 2.75) is 56.8 Å². The van der Waals surface area contributed by atoms with Gasteiger partial charge in [-0.3, -0.25) is 4.79 Å². The van der Waals surface area contributed by atoms with E-state index >= 15 is 0 Å². The van der Waals surface area contributed by atoms with Crippen molar-refractivity contribution in [1.29, 1.82) is 5.26 Å². The Bertz CT molecular complexity index is 1260. The Morgan fingerprint density at radius 2 is 2.06 bits per heavy atom. The Hall–Kier alpha value is -2.64. The molecular weight excluding hydrogens is 487 g/mol. The van der Waals surface area contributed by atoms with Gasteiger partial charge in [0.25, 0.3) is 0 Å². The molecule has 6 nitrogen and oxygen atoms in total. The molecule has 0 radical (unpaired) electrons. The van der Waals surface area contributed by atoms with Crippen molar-refractivity contribution in [1.82, 2.24) is 15.2 Å². The number of hydrogen-bond acceptors (Lipinski definition) is 6. The number of aromatic nitrogens is 1. The third-order valence-electron chi connectivity index (χ3n) is 8.53. The SMILES string of the molecule is C=C1CC2CC[C@@H]1C(C(=O)N1CCC3(CC1)CN(c1c(C#N)cnc4sc(CC(F)(F)F)cc14)C3)N2. The fourth-order valence-corrected chi connectivity index (χ4v) is 7.71. The van der Waals surface area contributed by atoms with Crippen LogP contribution >= 0.6 is 11.3 Å². The summed E-state index contributed by atoms with van der Waals surface area (Å²) < 4.78 is 38.8. The number of amides is 1. The summed E-state index contributed by atoms with van der Waals surface area (Å²) in [4.78, 5) is 22.4. The Labute approximate surface area is 211 Å². The smallest absolute Gasteiger partial charge is 0.369 e. The molecule has 1 amide bonds. The maximum atomic E-state index is 13.3. The van der Waals surface area contributed by atoms with Gasteiger partial charge in [-0.2, -0.15) is 18.4 Å². The molecule has 3 atom stereocenters. The van der Waals surface area contributed by atoms with Crippen LogP contribution in [0.5, 0.6) is 0 Å². The average molecular weight is 516 g/mol. The predicted molar refractivity (Wildman–Crippen MR) is 132 cm³/mol. The number of nitrogens with one attached hydrogen (secondary N) is 1. The molecule has 2 aromatic heterocycles. The molecule has 1 spiro atoms. The number of piperidine rings is 3. The van der Waals surface area contributed by atoms with Crippen LogP contribution in [0, 0.1) is 22.7 Å². The zero-order valence-corrected chi connectivity index (χ0v) is 20.7. The number of hydrogen-bond donors (Lipinski definition) is 1. The number of alkyl halides is 3. The quantitative estimate of drug-likeness (QED) is 0.614. The predicted octanol–water partition coefficient (Wildman–Crippen LogP) is 4.40. The Morgan fingerprint density at radius 1 is 1.31 bits per heavy atom. The number of anilines is 1. The molecule has 10 heteroatoms. The van der Waals surface area contributed by atoms with Crippen LogP contribution in [0.4, 0.5) is 18.9 Å². The topological polar surface area (TPSA) is 72.3 Å². The summed E-state index contributed by atoms with van der Waals surface area (Å²) in [6, 6.07) is 3.94. The molecule has 2 unspecified atom stereocenters. The van der Waals surface area contributed by atoms with E-state index < -0.39 is 12.6 Å². The van der Waals surface area contributed by atoms with Crippen LogP contribution in [0.1, 0.15) is 42.5 Å². The molecule has 36 heavy (non-hydrogen) atoms. The highest BCUT2D eigenvalue weighted by molar-refractivity contribution is 7.18. The van der Waals surface area contributed by atoms with Gasteiger partial charge in [0.2, 0.25) is 5.91 Å². The van der Waals surface area contributed by atoms with E-state index in [1.807, 2.05) is 4.90 Å². The number of halogens is 3. The lowest BCUT2D eigenvalue weighted by atomic mass is 9.70. The Morgan fingerprint density at radius 3 is 2.69 bits per heavy atom. The van der Waals surface area contributed by atoms with E-state index in [2.05, 4.69) is 27.8 Å². The molecule has 1 saturated carbocycles. The van der Waals surface area contributed by atoms with Crippen molar-refractivity contribution in [3.05, 3.63) is 34.9 Å². The van der Waals surface area contributed by atoms with Gasteiger partial charge in [0.1, 0.15) is 10.9 Å². The first-order chi connectivity index (χ1) is 17.1. The second-order valence-corrected chi connectivity index (χ2v) is 12.0. The van der Waals surface area contributed by atoms with Crippen LogP contribution in [0.3, 0.4) is 0 Å². The van der Waals surface area contributed by atoms with Crippen molar-refractivity contribution in [2.75, 3.05) is 31.1 Å². The number of fused-ring (bicyclic) bond motifs is 4. The minimum absolute atomic E-state index is 0.0620. The van der Waals surface area contributed by atoms with E-state index in [0.717, 1.165) is 56.5 Å². The first kappa shape index (κ1) is 23.7. The van der Waals surface area contributed by atoms with Gasteiger partial charge in [-0.15, -0.1) is 11.3 Å². The van der Waals surface area contributed by atoms with Crippen LogP contribution < -0.4 is 10.2 Å². The summed E-state index contributed by atoms with van der Waals surface area (Å²) in [5, 5.41) is 13.8. The minimum Gasteiger partial charge on any atom is -0.369 e. The second-order valence-electron chi connectivity index (χ2n) is 10.9. The molecule has 5 aliphatic rings. The molecule has 2 bridgehead atoms. The first-order valence-corrected chi connectivity index (χ1v) is 13.3. The molecule has 1 aliphatic carbocycles. The molecule has 4 saturated heterocycles. The van der Waals surface area contributed by atoms with Gasteiger partial charge in [0.15, 0.2) is 0 Å². The van der Waals surface area contributed by atoms with E-state index in [1.54, 1.807) is 6.07 Å². The summed E-state index contributed by atoms with van der Waals surface area (Å²) in [6.07, 6.45) is 1.08. The molecule has 0 aromatic carbocycles. The van der Waals surface area contributed by atoms with Crippen LogP contribution in [-0.2, 0) is 11.2 Å². The van der Waals surface area contributed by atoms with Gasteiger partial charge < -0.3 is 15.1 Å². The molecule has 7 rings (SSSR count). The number of rotatable bonds is 3. The highest BCUT2D eigenvalue weighted by Crippen LogP contribution is 2.47. The highest BCUT2D eigenvalue weighted by atomic mass is 32.1. The lowest BCUT2D eigenvalue weighted by Gasteiger charge is -2.55. The largest absolute Gasteiger partial charge is 0.393 e. The minimum atomic E-state index is -4.29. The molecule has 4 aliphatic heterocycles.